The zero-order valence-electron chi connectivity index (χ0n) is 12.2. The van der Waals surface area contributed by atoms with E-state index in [0.29, 0.717) is 6.42 Å². The van der Waals surface area contributed by atoms with Gasteiger partial charge in [-0.1, -0.05) is 0 Å². The van der Waals surface area contributed by atoms with Crippen molar-refractivity contribution >= 4 is 5.91 Å². The van der Waals surface area contributed by atoms with Crippen LogP contribution in [0.2, 0.25) is 0 Å². The van der Waals surface area contributed by atoms with Crippen LogP contribution in [-0.4, -0.2) is 15.5 Å². The molecule has 1 amide bonds. The number of nitrogens with zero attached hydrogens (tertiary/aromatic N) is 2. The standard InChI is InChI=1S/C15H21N3O2/c1-11-6-7-14(20-11)12(2)17-15(19)5-4-9-18-10-8-16-13(18)3/h6-8,10,12H,4-5,9H2,1-3H3,(H,17,19). The summed E-state index contributed by atoms with van der Waals surface area (Å²) >= 11 is 0. The van der Waals surface area contributed by atoms with Crippen molar-refractivity contribution in [2.24, 2.45) is 0 Å². The van der Waals surface area contributed by atoms with E-state index in [0.717, 1.165) is 30.3 Å². The second-order valence-electron chi connectivity index (χ2n) is 5.01. The maximum atomic E-state index is 11.9. The first-order valence-electron chi connectivity index (χ1n) is 6.89. The van der Waals surface area contributed by atoms with E-state index in [-0.39, 0.29) is 11.9 Å². The Morgan fingerprint density at radius 3 is 2.85 bits per heavy atom. The van der Waals surface area contributed by atoms with Gasteiger partial charge in [-0.15, -0.1) is 0 Å². The molecule has 5 heteroatoms. The molecule has 0 aliphatic carbocycles. The molecule has 0 aliphatic rings. The van der Waals surface area contributed by atoms with E-state index in [1.165, 1.54) is 0 Å². The van der Waals surface area contributed by atoms with Gasteiger partial charge in [-0.25, -0.2) is 4.98 Å². The smallest absolute Gasteiger partial charge is 0.220 e. The average Bonchev–Trinajstić information content (AvgIpc) is 2.99. The summed E-state index contributed by atoms with van der Waals surface area (Å²) in [6.07, 6.45) is 5.01. The molecule has 2 aromatic rings. The number of aryl methyl sites for hydroxylation is 3. The van der Waals surface area contributed by atoms with Crippen molar-refractivity contribution < 1.29 is 9.21 Å². The minimum Gasteiger partial charge on any atom is -0.464 e. The third-order valence-corrected chi connectivity index (χ3v) is 3.29. The summed E-state index contributed by atoms with van der Waals surface area (Å²) < 4.78 is 7.55. The van der Waals surface area contributed by atoms with Crippen LogP contribution in [0.4, 0.5) is 0 Å². The molecule has 0 aromatic carbocycles. The molecule has 2 aromatic heterocycles. The molecule has 2 heterocycles. The molecular weight excluding hydrogens is 254 g/mol. The number of nitrogens with one attached hydrogen (secondary N) is 1. The van der Waals surface area contributed by atoms with Crippen LogP contribution in [0.15, 0.2) is 28.9 Å². The van der Waals surface area contributed by atoms with Gasteiger partial charge in [0.1, 0.15) is 17.3 Å². The van der Waals surface area contributed by atoms with Crippen LogP contribution in [0.1, 0.15) is 43.2 Å². The van der Waals surface area contributed by atoms with Crippen LogP contribution in [-0.2, 0) is 11.3 Å². The Balaban J connectivity index is 1.74. The first-order valence-corrected chi connectivity index (χ1v) is 6.89. The van der Waals surface area contributed by atoms with Crippen LogP contribution in [0.5, 0.6) is 0 Å². The van der Waals surface area contributed by atoms with Gasteiger partial charge >= 0.3 is 0 Å². The summed E-state index contributed by atoms with van der Waals surface area (Å²) in [6.45, 7) is 6.59. The van der Waals surface area contributed by atoms with Crippen molar-refractivity contribution in [3.63, 3.8) is 0 Å². The second kappa shape index (κ2) is 6.41. The Bertz CT molecular complexity index is 571. The monoisotopic (exact) mass is 275 g/mol. The van der Waals surface area contributed by atoms with Crippen molar-refractivity contribution in [1.82, 2.24) is 14.9 Å². The molecule has 1 N–H and O–H groups in total. The Hall–Kier alpha value is -2.04. The summed E-state index contributed by atoms with van der Waals surface area (Å²) in [4.78, 5) is 16.0. The highest BCUT2D eigenvalue weighted by molar-refractivity contribution is 5.76. The predicted octanol–water partition coefficient (Wildman–Crippen LogP) is 2.75. The Morgan fingerprint density at radius 2 is 2.25 bits per heavy atom. The van der Waals surface area contributed by atoms with Crippen molar-refractivity contribution in [2.75, 3.05) is 0 Å². The second-order valence-corrected chi connectivity index (χ2v) is 5.01. The van der Waals surface area contributed by atoms with Crippen molar-refractivity contribution in [3.05, 3.63) is 41.9 Å². The summed E-state index contributed by atoms with van der Waals surface area (Å²) in [7, 11) is 0. The minimum atomic E-state index is -0.0915. The van der Waals surface area contributed by atoms with E-state index in [4.69, 9.17) is 4.42 Å². The van der Waals surface area contributed by atoms with Gasteiger partial charge in [-0.3, -0.25) is 4.79 Å². The average molecular weight is 275 g/mol. The van der Waals surface area contributed by atoms with E-state index in [1.807, 2.05) is 43.7 Å². The molecule has 20 heavy (non-hydrogen) atoms. The van der Waals surface area contributed by atoms with Gasteiger partial charge in [0.25, 0.3) is 0 Å². The lowest BCUT2D eigenvalue weighted by Crippen LogP contribution is -2.26. The topological polar surface area (TPSA) is 60.1 Å². The number of hydrogen-bond donors (Lipinski definition) is 1. The maximum absolute atomic E-state index is 11.9. The lowest BCUT2D eigenvalue weighted by atomic mass is 10.2. The Labute approximate surface area is 119 Å². The van der Waals surface area contributed by atoms with Gasteiger partial charge < -0.3 is 14.3 Å². The molecule has 0 aliphatic heterocycles. The highest BCUT2D eigenvalue weighted by atomic mass is 16.3. The molecule has 0 spiro atoms. The summed E-state index contributed by atoms with van der Waals surface area (Å²) in [5.74, 6) is 2.67. The number of rotatable bonds is 6. The number of furan rings is 1. The fraction of sp³-hybridized carbons (Fsp3) is 0.467. The number of carbonyl (C=O) groups excluding carboxylic acids is 1. The van der Waals surface area contributed by atoms with Gasteiger partial charge in [0.15, 0.2) is 0 Å². The van der Waals surface area contributed by atoms with Crippen LogP contribution in [0, 0.1) is 13.8 Å². The fourth-order valence-corrected chi connectivity index (χ4v) is 2.12. The fourth-order valence-electron chi connectivity index (χ4n) is 2.12. The van der Waals surface area contributed by atoms with Crippen molar-refractivity contribution in [3.8, 4) is 0 Å². The molecule has 1 unspecified atom stereocenters. The normalized spacial score (nSPS) is 12.3. The lowest BCUT2D eigenvalue weighted by Gasteiger charge is -2.11. The molecule has 0 fully saturated rings. The van der Waals surface area contributed by atoms with E-state index in [1.54, 1.807) is 6.20 Å². The van der Waals surface area contributed by atoms with Crippen LogP contribution < -0.4 is 5.32 Å². The number of imidazole rings is 1. The van der Waals surface area contributed by atoms with E-state index >= 15 is 0 Å². The molecule has 0 radical (unpaired) electrons. The first-order chi connectivity index (χ1) is 9.56. The minimum absolute atomic E-state index is 0.0457. The highest BCUT2D eigenvalue weighted by Crippen LogP contribution is 2.15. The van der Waals surface area contributed by atoms with Gasteiger partial charge in [-0.2, -0.15) is 0 Å². The summed E-state index contributed by atoms with van der Waals surface area (Å²) in [6, 6.07) is 3.71. The van der Waals surface area contributed by atoms with Crippen LogP contribution >= 0.6 is 0 Å². The van der Waals surface area contributed by atoms with Crippen LogP contribution in [0.25, 0.3) is 0 Å². The summed E-state index contributed by atoms with van der Waals surface area (Å²) in [5, 5.41) is 2.95. The number of amides is 1. The SMILES string of the molecule is Cc1ccc(C(C)NC(=O)CCCn2ccnc2C)o1. The third-order valence-electron chi connectivity index (χ3n) is 3.29. The maximum Gasteiger partial charge on any atom is 0.220 e. The van der Waals surface area contributed by atoms with E-state index in [9.17, 15) is 4.79 Å². The van der Waals surface area contributed by atoms with Crippen molar-refractivity contribution in [1.29, 1.82) is 0 Å². The quantitative estimate of drug-likeness (QED) is 0.881. The number of aromatic nitrogens is 2. The number of carbonyl (C=O) groups is 1. The Morgan fingerprint density at radius 1 is 1.45 bits per heavy atom. The number of hydrogen-bond acceptors (Lipinski definition) is 3. The van der Waals surface area contributed by atoms with Crippen LogP contribution in [0.3, 0.4) is 0 Å². The van der Waals surface area contributed by atoms with E-state index < -0.39 is 0 Å². The van der Waals surface area contributed by atoms with Gasteiger partial charge in [-0.05, 0) is 39.3 Å². The first kappa shape index (κ1) is 14.4. The zero-order valence-corrected chi connectivity index (χ0v) is 12.2. The Kier molecular flexibility index (Phi) is 4.61. The van der Waals surface area contributed by atoms with Gasteiger partial charge in [0.05, 0.1) is 6.04 Å². The molecule has 0 saturated heterocycles. The lowest BCUT2D eigenvalue weighted by molar-refractivity contribution is -0.122. The largest absolute Gasteiger partial charge is 0.464 e. The molecular formula is C15H21N3O2. The highest BCUT2D eigenvalue weighted by Gasteiger charge is 2.12. The van der Waals surface area contributed by atoms with E-state index in [2.05, 4.69) is 10.3 Å². The molecule has 1 atom stereocenters. The summed E-state index contributed by atoms with van der Waals surface area (Å²) in [5.41, 5.74) is 0. The third kappa shape index (κ3) is 3.73. The predicted molar refractivity (Wildman–Crippen MR) is 76.2 cm³/mol. The van der Waals surface area contributed by atoms with Gasteiger partial charge in [0, 0.05) is 25.4 Å². The van der Waals surface area contributed by atoms with Crippen molar-refractivity contribution in [2.45, 2.75) is 46.2 Å². The molecule has 108 valence electrons. The molecule has 2 rings (SSSR count). The molecule has 0 saturated carbocycles. The molecule has 5 nitrogen and oxygen atoms in total. The zero-order chi connectivity index (χ0) is 14.5. The molecule has 0 bridgehead atoms. The van der Waals surface area contributed by atoms with Gasteiger partial charge in [0.2, 0.25) is 5.91 Å².